The van der Waals surface area contributed by atoms with Crippen LogP contribution in [0.25, 0.3) is 0 Å². The SMILES string of the molecule is CN(C)[C@H]1CC[C@@H](I)CC1. The van der Waals surface area contributed by atoms with Crippen LogP contribution < -0.4 is 0 Å². The normalized spacial score (nSPS) is 34.8. The van der Waals surface area contributed by atoms with Gasteiger partial charge in [0.1, 0.15) is 0 Å². The Balaban J connectivity index is 2.26. The van der Waals surface area contributed by atoms with E-state index >= 15 is 0 Å². The van der Waals surface area contributed by atoms with Crippen molar-refractivity contribution in [3.05, 3.63) is 0 Å². The third kappa shape index (κ3) is 2.38. The highest BCUT2D eigenvalue weighted by Crippen LogP contribution is 2.26. The van der Waals surface area contributed by atoms with Crippen LogP contribution in [0.1, 0.15) is 25.7 Å². The highest BCUT2D eigenvalue weighted by atomic mass is 127. The Morgan fingerprint density at radius 1 is 1.10 bits per heavy atom. The van der Waals surface area contributed by atoms with Crippen LogP contribution in [0.5, 0.6) is 0 Å². The molecular formula is C8H16IN. The third-order valence-electron chi connectivity index (χ3n) is 2.36. The second-order valence-electron chi connectivity index (χ2n) is 3.37. The summed E-state index contributed by atoms with van der Waals surface area (Å²) in [5.41, 5.74) is 0. The first-order valence-corrected chi connectivity index (χ1v) is 5.25. The van der Waals surface area contributed by atoms with Crippen molar-refractivity contribution >= 4 is 22.6 Å². The topological polar surface area (TPSA) is 3.24 Å². The van der Waals surface area contributed by atoms with Gasteiger partial charge in [-0.2, -0.15) is 0 Å². The lowest BCUT2D eigenvalue weighted by Crippen LogP contribution is -2.32. The van der Waals surface area contributed by atoms with E-state index in [-0.39, 0.29) is 0 Å². The molecule has 0 aromatic carbocycles. The molecule has 1 rings (SSSR count). The zero-order valence-corrected chi connectivity index (χ0v) is 8.97. The third-order valence-corrected chi connectivity index (χ3v) is 3.60. The molecule has 0 atom stereocenters. The van der Waals surface area contributed by atoms with Crippen molar-refractivity contribution in [2.75, 3.05) is 14.1 Å². The Bertz CT molecular complexity index is 95.4. The van der Waals surface area contributed by atoms with Crippen LogP contribution in [0.3, 0.4) is 0 Å². The Morgan fingerprint density at radius 3 is 2.00 bits per heavy atom. The van der Waals surface area contributed by atoms with Gasteiger partial charge in [0.15, 0.2) is 0 Å². The van der Waals surface area contributed by atoms with E-state index < -0.39 is 0 Å². The monoisotopic (exact) mass is 253 g/mol. The molecule has 1 aliphatic carbocycles. The molecule has 1 aliphatic rings. The van der Waals surface area contributed by atoms with Crippen LogP contribution in [-0.4, -0.2) is 29.0 Å². The van der Waals surface area contributed by atoms with Crippen LogP contribution in [0.15, 0.2) is 0 Å². The molecule has 0 aromatic rings. The van der Waals surface area contributed by atoms with Gasteiger partial charge in [0.25, 0.3) is 0 Å². The molecule has 60 valence electrons. The molecule has 0 radical (unpaired) electrons. The molecule has 1 saturated carbocycles. The molecule has 0 heterocycles. The maximum absolute atomic E-state index is 2.57. The highest BCUT2D eigenvalue weighted by molar-refractivity contribution is 14.1. The van der Waals surface area contributed by atoms with Crippen LogP contribution in [0.2, 0.25) is 0 Å². The molecule has 1 nitrogen and oxygen atoms in total. The summed E-state index contributed by atoms with van der Waals surface area (Å²) in [7, 11) is 4.39. The number of rotatable bonds is 1. The summed E-state index contributed by atoms with van der Waals surface area (Å²) in [4.78, 5) is 2.36. The standard InChI is InChI=1S/C8H16IN/c1-10(2)8-5-3-7(9)4-6-8/h7-8H,3-6H2,1-2H3/t7-,8+. The molecule has 2 heteroatoms. The van der Waals surface area contributed by atoms with E-state index in [0.29, 0.717) is 0 Å². The summed E-state index contributed by atoms with van der Waals surface area (Å²) in [5, 5.41) is 0. The summed E-state index contributed by atoms with van der Waals surface area (Å²) < 4.78 is 0.953. The fourth-order valence-corrected chi connectivity index (χ4v) is 2.27. The van der Waals surface area contributed by atoms with Crippen molar-refractivity contribution in [2.45, 2.75) is 35.6 Å². The first kappa shape index (κ1) is 8.78. The van der Waals surface area contributed by atoms with Gasteiger partial charge in [0.2, 0.25) is 0 Å². The fraction of sp³-hybridized carbons (Fsp3) is 1.00. The molecule has 1 fully saturated rings. The lowest BCUT2D eigenvalue weighted by molar-refractivity contribution is 0.234. The second kappa shape index (κ2) is 3.90. The molecule has 10 heavy (non-hydrogen) atoms. The minimum Gasteiger partial charge on any atom is -0.306 e. The molecule has 0 aliphatic heterocycles. The summed E-state index contributed by atoms with van der Waals surface area (Å²) in [6, 6.07) is 0.867. The van der Waals surface area contributed by atoms with E-state index in [1.54, 1.807) is 0 Å². The van der Waals surface area contributed by atoms with Gasteiger partial charge >= 0.3 is 0 Å². The fourth-order valence-electron chi connectivity index (χ4n) is 1.55. The number of hydrogen-bond acceptors (Lipinski definition) is 1. The summed E-state index contributed by atoms with van der Waals surface area (Å²) in [6.45, 7) is 0. The van der Waals surface area contributed by atoms with E-state index in [1.165, 1.54) is 25.7 Å². The summed E-state index contributed by atoms with van der Waals surface area (Å²) >= 11 is 2.57. The lowest BCUT2D eigenvalue weighted by atomic mass is 9.95. The summed E-state index contributed by atoms with van der Waals surface area (Å²) in [5.74, 6) is 0. The average molecular weight is 253 g/mol. The van der Waals surface area contributed by atoms with Gasteiger partial charge in [0, 0.05) is 9.97 Å². The van der Waals surface area contributed by atoms with Crippen molar-refractivity contribution < 1.29 is 0 Å². The predicted octanol–water partition coefficient (Wildman–Crippen LogP) is 2.29. The van der Waals surface area contributed by atoms with Crippen LogP contribution in [-0.2, 0) is 0 Å². The Morgan fingerprint density at radius 2 is 1.60 bits per heavy atom. The van der Waals surface area contributed by atoms with Gasteiger partial charge < -0.3 is 4.90 Å². The zero-order valence-electron chi connectivity index (χ0n) is 6.81. The second-order valence-corrected chi connectivity index (χ2v) is 5.13. The Labute approximate surface area is 77.3 Å². The number of halogens is 1. The Kier molecular flexibility index (Phi) is 3.43. The van der Waals surface area contributed by atoms with Gasteiger partial charge in [-0.15, -0.1) is 0 Å². The first-order valence-electron chi connectivity index (χ1n) is 4.00. The van der Waals surface area contributed by atoms with E-state index in [0.717, 1.165) is 9.97 Å². The molecular weight excluding hydrogens is 237 g/mol. The molecule has 0 aromatic heterocycles. The van der Waals surface area contributed by atoms with Gasteiger partial charge in [0.05, 0.1) is 0 Å². The van der Waals surface area contributed by atoms with Crippen molar-refractivity contribution in [3.8, 4) is 0 Å². The maximum Gasteiger partial charge on any atom is 0.0111 e. The van der Waals surface area contributed by atoms with Gasteiger partial charge in [-0.25, -0.2) is 0 Å². The molecule has 0 N–H and O–H groups in total. The van der Waals surface area contributed by atoms with E-state index in [9.17, 15) is 0 Å². The van der Waals surface area contributed by atoms with Gasteiger partial charge in [-0.3, -0.25) is 0 Å². The number of alkyl halides is 1. The number of nitrogens with zero attached hydrogens (tertiary/aromatic N) is 1. The zero-order chi connectivity index (χ0) is 7.56. The molecule has 0 amide bonds. The largest absolute Gasteiger partial charge is 0.306 e. The minimum atomic E-state index is 0.867. The first-order chi connectivity index (χ1) is 4.70. The van der Waals surface area contributed by atoms with E-state index in [1.807, 2.05) is 0 Å². The summed E-state index contributed by atoms with van der Waals surface area (Å²) in [6.07, 6.45) is 5.65. The predicted molar refractivity (Wildman–Crippen MR) is 53.8 cm³/mol. The van der Waals surface area contributed by atoms with Crippen molar-refractivity contribution in [3.63, 3.8) is 0 Å². The molecule has 0 saturated heterocycles. The quantitative estimate of drug-likeness (QED) is 0.512. The molecule has 0 unspecified atom stereocenters. The number of hydrogen-bond donors (Lipinski definition) is 0. The van der Waals surface area contributed by atoms with E-state index in [4.69, 9.17) is 0 Å². The lowest BCUT2D eigenvalue weighted by Gasteiger charge is -2.30. The average Bonchev–Trinajstić information content (AvgIpc) is 1.88. The minimum absolute atomic E-state index is 0.867. The van der Waals surface area contributed by atoms with E-state index in [2.05, 4.69) is 41.6 Å². The van der Waals surface area contributed by atoms with Crippen LogP contribution in [0, 0.1) is 0 Å². The highest BCUT2D eigenvalue weighted by Gasteiger charge is 2.19. The van der Waals surface area contributed by atoms with Gasteiger partial charge in [-0.1, -0.05) is 22.6 Å². The van der Waals surface area contributed by atoms with Crippen molar-refractivity contribution in [1.82, 2.24) is 4.90 Å². The molecule has 0 bridgehead atoms. The van der Waals surface area contributed by atoms with Crippen molar-refractivity contribution in [2.24, 2.45) is 0 Å². The van der Waals surface area contributed by atoms with Crippen molar-refractivity contribution in [1.29, 1.82) is 0 Å². The molecule has 0 spiro atoms. The van der Waals surface area contributed by atoms with Crippen LogP contribution >= 0.6 is 22.6 Å². The van der Waals surface area contributed by atoms with Gasteiger partial charge in [-0.05, 0) is 39.8 Å². The van der Waals surface area contributed by atoms with Crippen LogP contribution in [0.4, 0.5) is 0 Å². The smallest absolute Gasteiger partial charge is 0.0111 e. The Hall–Kier alpha value is 0.690. The maximum atomic E-state index is 2.57.